The van der Waals surface area contributed by atoms with Crippen LogP contribution in [-0.2, 0) is 10.0 Å². The van der Waals surface area contributed by atoms with Crippen LogP contribution in [0.2, 0.25) is 0 Å². The second kappa shape index (κ2) is 3.77. The van der Waals surface area contributed by atoms with Gasteiger partial charge in [0.05, 0.1) is 0 Å². The summed E-state index contributed by atoms with van der Waals surface area (Å²) in [4.78, 5) is 0. The quantitative estimate of drug-likeness (QED) is 0.866. The van der Waals surface area contributed by atoms with Gasteiger partial charge >= 0.3 is 0 Å². The van der Waals surface area contributed by atoms with E-state index in [4.69, 9.17) is 9.56 Å². The molecule has 0 unspecified atom stereocenters. The zero-order chi connectivity index (χ0) is 11.8. The van der Waals surface area contributed by atoms with Crippen LogP contribution >= 0.6 is 0 Å². The predicted molar refractivity (Wildman–Crippen MR) is 60.3 cm³/mol. The largest absolute Gasteiger partial charge is 0.443 e. The standard InChI is InChI=1S/C11H11NO3S/c1-8-2-4-9(5-3-8)10-6-7-11(15-10)16(12,13)14/h2-7H,1H3,(H2,12,13,14). The lowest BCUT2D eigenvalue weighted by Crippen LogP contribution is -2.10. The Balaban J connectivity index is 2.43. The van der Waals surface area contributed by atoms with E-state index in [1.165, 1.54) is 6.07 Å². The van der Waals surface area contributed by atoms with Crippen LogP contribution in [0.15, 0.2) is 45.9 Å². The van der Waals surface area contributed by atoms with Crippen LogP contribution in [0.3, 0.4) is 0 Å². The van der Waals surface area contributed by atoms with Gasteiger partial charge in [-0.3, -0.25) is 0 Å². The van der Waals surface area contributed by atoms with Crippen molar-refractivity contribution in [3.63, 3.8) is 0 Å². The number of aryl methyl sites for hydroxylation is 1. The molecule has 0 amide bonds. The molecule has 0 bridgehead atoms. The van der Waals surface area contributed by atoms with Crippen molar-refractivity contribution < 1.29 is 12.8 Å². The van der Waals surface area contributed by atoms with Gasteiger partial charge in [0.25, 0.3) is 10.0 Å². The van der Waals surface area contributed by atoms with E-state index in [2.05, 4.69) is 0 Å². The molecule has 16 heavy (non-hydrogen) atoms. The summed E-state index contributed by atoms with van der Waals surface area (Å²) >= 11 is 0. The lowest BCUT2D eigenvalue weighted by Gasteiger charge is -1.97. The summed E-state index contributed by atoms with van der Waals surface area (Å²) in [5, 5.41) is 4.73. The third kappa shape index (κ3) is 2.15. The number of rotatable bonds is 2. The van der Waals surface area contributed by atoms with Gasteiger partial charge in [-0.15, -0.1) is 0 Å². The van der Waals surface area contributed by atoms with E-state index in [1.54, 1.807) is 6.07 Å². The second-order valence-corrected chi connectivity index (χ2v) is 5.02. The minimum Gasteiger partial charge on any atom is -0.443 e. The Morgan fingerprint density at radius 3 is 2.19 bits per heavy atom. The van der Waals surface area contributed by atoms with Gasteiger partial charge in [-0.2, -0.15) is 0 Å². The van der Waals surface area contributed by atoms with Crippen molar-refractivity contribution in [3.8, 4) is 11.3 Å². The molecule has 1 aromatic heterocycles. The molecule has 1 aromatic carbocycles. The number of sulfonamides is 1. The van der Waals surface area contributed by atoms with Crippen molar-refractivity contribution in [3.05, 3.63) is 42.0 Å². The van der Waals surface area contributed by atoms with Gasteiger partial charge in [-0.25, -0.2) is 13.6 Å². The molecule has 0 saturated heterocycles. The van der Waals surface area contributed by atoms with Crippen molar-refractivity contribution in [1.29, 1.82) is 0 Å². The maximum atomic E-state index is 11.0. The van der Waals surface area contributed by atoms with Crippen LogP contribution in [0, 0.1) is 6.92 Å². The first kappa shape index (κ1) is 10.9. The lowest BCUT2D eigenvalue weighted by molar-refractivity contribution is 0.461. The zero-order valence-electron chi connectivity index (χ0n) is 8.67. The third-order valence-corrected chi connectivity index (χ3v) is 2.98. The van der Waals surface area contributed by atoms with Gasteiger partial charge < -0.3 is 4.42 Å². The minimum atomic E-state index is -3.76. The van der Waals surface area contributed by atoms with E-state index >= 15 is 0 Å². The van der Waals surface area contributed by atoms with Gasteiger partial charge in [0, 0.05) is 5.56 Å². The van der Waals surface area contributed by atoms with E-state index in [0.717, 1.165) is 11.1 Å². The molecule has 0 saturated carbocycles. The van der Waals surface area contributed by atoms with Crippen molar-refractivity contribution in [2.75, 3.05) is 0 Å². The zero-order valence-corrected chi connectivity index (χ0v) is 9.49. The lowest BCUT2D eigenvalue weighted by atomic mass is 10.1. The molecule has 0 aliphatic carbocycles. The molecule has 1 heterocycles. The number of hydrogen-bond donors (Lipinski definition) is 1. The number of primary sulfonamides is 1. The molecular formula is C11H11NO3S. The van der Waals surface area contributed by atoms with E-state index in [9.17, 15) is 8.42 Å². The molecule has 5 heteroatoms. The highest BCUT2D eigenvalue weighted by atomic mass is 32.2. The van der Waals surface area contributed by atoms with Crippen LogP contribution in [0.4, 0.5) is 0 Å². The van der Waals surface area contributed by atoms with E-state index in [0.29, 0.717) is 5.76 Å². The average Bonchev–Trinajstić information content (AvgIpc) is 2.67. The summed E-state index contributed by atoms with van der Waals surface area (Å²) in [6.07, 6.45) is 0. The van der Waals surface area contributed by atoms with Gasteiger partial charge in [0.2, 0.25) is 5.09 Å². The molecule has 2 aromatic rings. The van der Waals surface area contributed by atoms with E-state index in [-0.39, 0.29) is 5.09 Å². The predicted octanol–water partition coefficient (Wildman–Crippen LogP) is 1.90. The van der Waals surface area contributed by atoms with E-state index < -0.39 is 10.0 Å². The van der Waals surface area contributed by atoms with Crippen LogP contribution in [0.5, 0.6) is 0 Å². The summed E-state index contributed by atoms with van der Waals surface area (Å²) in [7, 11) is -3.76. The van der Waals surface area contributed by atoms with Crippen LogP contribution in [0.1, 0.15) is 5.56 Å². The average molecular weight is 237 g/mol. The number of furan rings is 1. The van der Waals surface area contributed by atoms with Gasteiger partial charge in [0.15, 0.2) is 0 Å². The highest BCUT2D eigenvalue weighted by molar-refractivity contribution is 7.89. The summed E-state index contributed by atoms with van der Waals surface area (Å²) in [5.41, 5.74) is 1.95. The van der Waals surface area contributed by atoms with Gasteiger partial charge in [0.1, 0.15) is 5.76 Å². The summed E-state index contributed by atoms with van der Waals surface area (Å²) < 4.78 is 27.2. The van der Waals surface area contributed by atoms with Gasteiger partial charge in [-0.1, -0.05) is 29.8 Å². The van der Waals surface area contributed by atoms with Crippen LogP contribution in [-0.4, -0.2) is 8.42 Å². The van der Waals surface area contributed by atoms with Crippen molar-refractivity contribution >= 4 is 10.0 Å². The van der Waals surface area contributed by atoms with Crippen LogP contribution < -0.4 is 5.14 Å². The topological polar surface area (TPSA) is 73.3 Å². The fraction of sp³-hybridized carbons (Fsp3) is 0.0909. The first-order valence-corrected chi connectivity index (χ1v) is 6.21. The molecule has 2 N–H and O–H groups in total. The van der Waals surface area contributed by atoms with Crippen LogP contribution in [0.25, 0.3) is 11.3 Å². The van der Waals surface area contributed by atoms with E-state index in [1.807, 2.05) is 31.2 Å². The van der Waals surface area contributed by atoms with Gasteiger partial charge in [-0.05, 0) is 19.1 Å². The maximum Gasteiger partial charge on any atom is 0.271 e. The Labute approximate surface area is 93.7 Å². The van der Waals surface area contributed by atoms with Crippen molar-refractivity contribution in [2.45, 2.75) is 12.0 Å². The smallest absolute Gasteiger partial charge is 0.271 e. The minimum absolute atomic E-state index is 0.219. The molecule has 0 spiro atoms. The third-order valence-electron chi connectivity index (χ3n) is 2.20. The molecule has 84 valence electrons. The Bertz CT molecular complexity index is 596. The first-order chi connectivity index (χ1) is 7.47. The van der Waals surface area contributed by atoms with Crippen molar-refractivity contribution in [1.82, 2.24) is 0 Å². The molecule has 4 nitrogen and oxygen atoms in total. The summed E-state index contributed by atoms with van der Waals surface area (Å²) in [5.74, 6) is 0.490. The normalized spacial score (nSPS) is 11.6. The maximum absolute atomic E-state index is 11.0. The number of hydrogen-bond acceptors (Lipinski definition) is 3. The SMILES string of the molecule is Cc1ccc(-c2ccc(S(N)(=O)=O)o2)cc1. The number of nitrogens with two attached hydrogens (primary N) is 1. The fourth-order valence-corrected chi connectivity index (χ4v) is 1.81. The molecule has 0 radical (unpaired) electrons. The monoisotopic (exact) mass is 237 g/mol. The molecule has 0 atom stereocenters. The molecule has 0 aliphatic heterocycles. The fourth-order valence-electron chi connectivity index (χ4n) is 1.35. The summed E-state index contributed by atoms with van der Waals surface area (Å²) in [6, 6.07) is 10.5. The first-order valence-electron chi connectivity index (χ1n) is 4.66. The Morgan fingerprint density at radius 1 is 1.06 bits per heavy atom. The Hall–Kier alpha value is -1.59. The summed E-state index contributed by atoms with van der Waals surface area (Å²) in [6.45, 7) is 1.97. The molecule has 0 aliphatic rings. The highest BCUT2D eigenvalue weighted by Gasteiger charge is 2.13. The van der Waals surface area contributed by atoms with Crippen molar-refractivity contribution in [2.24, 2.45) is 5.14 Å². The molecule has 2 rings (SSSR count). The molecular weight excluding hydrogens is 226 g/mol. The number of benzene rings is 1. The second-order valence-electron chi connectivity index (χ2n) is 3.53. The Kier molecular flexibility index (Phi) is 2.57. The highest BCUT2D eigenvalue weighted by Crippen LogP contribution is 2.23. The Morgan fingerprint density at radius 2 is 1.69 bits per heavy atom. The molecule has 0 fully saturated rings.